The second-order valence-electron chi connectivity index (χ2n) is 9.70. The third kappa shape index (κ3) is 7.03. The Bertz CT molecular complexity index is 927. The summed E-state index contributed by atoms with van der Waals surface area (Å²) in [4.78, 5) is 31.3. The molecule has 0 bridgehead atoms. The molecule has 1 aromatic carbocycles. The van der Waals surface area contributed by atoms with Crippen LogP contribution < -0.4 is 10.6 Å². The van der Waals surface area contributed by atoms with E-state index in [0.29, 0.717) is 36.7 Å². The van der Waals surface area contributed by atoms with Gasteiger partial charge in [0.1, 0.15) is 12.4 Å². The molecule has 2 aromatic rings. The number of alkyl carbamates (subject to hydrolysis) is 1. The predicted molar refractivity (Wildman–Crippen MR) is 132 cm³/mol. The lowest BCUT2D eigenvalue weighted by Crippen LogP contribution is -2.32. The summed E-state index contributed by atoms with van der Waals surface area (Å²) in [6.45, 7) is 2.03. The first-order chi connectivity index (χ1) is 16.6. The highest BCUT2D eigenvalue weighted by Crippen LogP contribution is 2.32. The number of hydrogen-bond donors (Lipinski definition) is 2. The Morgan fingerprint density at radius 3 is 2.47 bits per heavy atom. The fraction of sp³-hybridized carbons (Fsp3) is 0.519. The van der Waals surface area contributed by atoms with Gasteiger partial charge < -0.3 is 15.4 Å². The van der Waals surface area contributed by atoms with E-state index in [9.17, 15) is 9.59 Å². The third-order valence-corrected chi connectivity index (χ3v) is 7.15. The molecular formula is C27H36N4O3. The molecule has 7 heteroatoms. The number of amides is 2. The largest absolute Gasteiger partial charge is 0.445 e. The van der Waals surface area contributed by atoms with Gasteiger partial charge in [0.05, 0.1) is 0 Å². The van der Waals surface area contributed by atoms with Crippen LogP contribution in [0.1, 0.15) is 62.1 Å². The summed E-state index contributed by atoms with van der Waals surface area (Å²) in [6, 6.07) is 14.1. The zero-order valence-corrected chi connectivity index (χ0v) is 20.0. The number of anilines is 1. The van der Waals surface area contributed by atoms with Gasteiger partial charge in [0.25, 0.3) is 0 Å². The van der Waals surface area contributed by atoms with Gasteiger partial charge in [0, 0.05) is 25.2 Å². The number of ether oxygens (including phenoxy) is 1. The Kier molecular flexibility index (Phi) is 8.52. The summed E-state index contributed by atoms with van der Waals surface area (Å²) in [5.41, 5.74) is 2.19. The molecule has 1 aliphatic carbocycles. The highest BCUT2D eigenvalue weighted by molar-refractivity contribution is 5.89. The molecule has 1 saturated carbocycles. The Hall–Kier alpha value is -2.93. The summed E-state index contributed by atoms with van der Waals surface area (Å²) in [5, 5.41) is 5.85. The van der Waals surface area contributed by atoms with Crippen molar-refractivity contribution >= 4 is 17.8 Å². The average molecular weight is 465 g/mol. The third-order valence-electron chi connectivity index (χ3n) is 7.15. The Balaban J connectivity index is 1.11. The van der Waals surface area contributed by atoms with E-state index in [-0.39, 0.29) is 18.6 Å². The molecule has 7 nitrogen and oxygen atoms in total. The summed E-state index contributed by atoms with van der Waals surface area (Å²) in [5.74, 6) is 1.48. The van der Waals surface area contributed by atoms with Crippen LogP contribution >= 0.6 is 0 Å². The first kappa shape index (κ1) is 24.2. The number of hydrogen-bond acceptors (Lipinski definition) is 5. The number of nitrogens with one attached hydrogen (secondary N) is 2. The molecule has 1 aliphatic heterocycles. The van der Waals surface area contributed by atoms with Gasteiger partial charge in [-0.2, -0.15) is 0 Å². The lowest BCUT2D eigenvalue weighted by molar-refractivity contribution is -0.117. The van der Waals surface area contributed by atoms with Crippen LogP contribution in [0, 0.1) is 11.8 Å². The first-order valence-corrected chi connectivity index (χ1v) is 12.5. The second kappa shape index (κ2) is 12.0. The lowest BCUT2D eigenvalue weighted by Gasteiger charge is -2.28. The monoisotopic (exact) mass is 464 g/mol. The Morgan fingerprint density at radius 1 is 1.03 bits per heavy atom. The van der Waals surface area contributed by atoms with Crippen molar-refractivity contribution in [3.05, 3.63) is 59.8 Å². The van der Waals surface area contributed by atoms with Crippen molar-refractivity contribution < 1.29 is 14.3 Å². The van der Waals surface area contributed by atoms with Crippen molar-refractivity contribution in [2.45, 2.75) is 57.6 Å². The van der Waals surface area contributed by atoms with Crippen molar-refractivity contribution in [3.8, 4) is 0 Å². The van der Waals surface area contributed by atoms with E-state index < -0.39 is 0 Å². The molecule has 2 amide bonds. The maximum Gasteiger partial charge on any atom is 0.407 e. The van der Waals surface area contributed by atoms with Crippen LogP contribution in [0.3, 0.4) is 0 Å². The molecule has 2 heterocycles. The molecular weight excluding hydrogens is 428 g/mol. The number of benzene rings is 1. The SMILES string of the molecule is CN1CCCC1c1ccc(NC(=O)CC2CCC(CNC(=O)OCc3ccccc3)CC2)nc1. The first-order valence-electron chi connectivity index (χ1n) is 12.5. The second-order valence-corrected chi connectivity index (χ2v) is 9.70. The minimum atomic E-state index is -0.372. The summed E-state index contributed by atoms with van der Waals surface area (Å²) >= 11 is 0. The minimum Gasteiger partial charge on any atom is -0.445 e. The number of rotatable bonds is 8. The molecule has 2 N–H and O–H groups in total. The van der Waals surface area contributed by atoms with Crippen molar-refractivity contribution in [2.75, 3.05) is 25.5 Å². The summed E-state index contributed by atoms with van der Waals surface area (Å²) in [7, 11) is 2.15. The van der Waals surface area contributed by atoms with Gasteiger partial charge in [-0.3, -0.25) is 9.69 Å². The van der Waals surface area contributed by atoms with Crippen LogP contribution in [-0.4, -0.2) is 42.0 Å². The van der Waals surface area contributed by atoms with E-state index in [0.717, 1.165) is 44.2 Å². The molecule has 0 spiro atoms. The van der Waals surface area contributed by atoms with Crippen LogP contribution in [0.5, 0.6) is 0 Å². The molecule has 1 unspecified atom stereocenters. The van der Waals surface area contributed by atoms with Gasteiger partial charge in [-0.25, -0.2) is 9.78 Å². The molecule has 1 saturated heterocycles. The zero-order chi connectivity index (χ0) is 23.8. The number of carbonyl (C=O) groups excluding carboxylic acids is 2. The minimum absolute atomic E-state index is 0.0318. The number of pyridine rings is 1. The normalized spacial score (nSPS) is 22.8. The maximum absolute atomic E-state index is 12.5. The highest BCUT2D eigenvalue weighted by Gasteiger charge is 2.25. The van der Waals surface area contributed by atoms with Crippen LogP contribution in [0.4, 0.5) is 10.6 Å². The zero-order valence-electron chi connectivity index (χ0n) is 20.0. The van der Waals surface area contributed by atoms with Crippen LogP contribution in [-0.2, 0) is 16.1 Å². The molecule has 2 fully saturated rings. The number of likely N-dealkylation sites (tertiary alicyclic amines) is 1. The van der Waals surface area contributed by atoms with Crippen LogP contribution in [0.25, 0.3) is 0 Å². The summed E-state index contributed by atoms with van der Waals surface area (Å²) < 4.78 is 5.28. The molecule has 4 rings (SSSR count). The van der Waals surface area contributed by atoms with Gasteiger partial charge in [-0.05, 0) is 81.1 Å². The van der Waals surface area contributed by atoms with Crippen molar-refractivity contribution in [1.29, 1.82) is 0 Å². The van der Waals surface area contributed by atoms with Crippen LogP contribution in [0.2, 0.25) is 0 Å². The fourth-order valence-corrected chi connectivity index (χ4v) is 5.11. The van der Waals surface area contributed by atoms with Crippen molar-refractivity contribution in [3.63, 3.8) is 0 Å². The van der Waals surface area contributed by atoms with Crippen LogP contribution in [0.15, 0.2) is 48.7 Å². The summed E-state index contributed by atoms with van der Waals surface area (Å²) in [6.07, 6.45) is 8.45. The van der Waals surface area contributed by atoms with E-state index in [4.69, 9.17) is 4.74 Å². The van der Waals surface area contributed by atoms with Gasteiger partial charge >= 0.3 is 6.09 Å². The maximum atomic E-state index is 12.5. The molecule has 1 aromatic heterocycles. The van der Waals surface area contributed by atoms with E-state index in [1.54, 1.807) is 0 Å². The fourth-order valence-electron chi connectivity index (χ4n) is 5.11. The van der Waals surface area contributed by atoms with E-state index in [1.807, 2.05) is 42.6 Å². The lowest BCUT2D eigenvalue weighted by atomic mass is 9.80. The number of aromatic nitrogens is 1. The topological polar surface area (TPSA) is 83.6 Å². The van der Waals surface area contributed by atoms with Gasteiger partial charge in [0.2, 0.25) is 5.91 Å². The van der Waals surface area contributed by atoms with E-state index in [1.165, 1.54) is 12.0 Å². The smallest absolute Gasteiger partial charge is 0.407 e. The van der Waals surface area contributed by atoms with Crippen molar-refractivity contribution in [1.82, 2.24) is 15.2 Å². The van der Waals surface area contributed by atoms with Gasteiger partial charge in [0.15, 0.2) is 0 Å². The quantitative estimate of drug-likeness (QED) is 0.580. The van der Waals surface area contributed by atoms with Gasteiger partial charge in [-0.15, -0.1) is 0 Å². The highest BCUT2D eigenvalue weighted by atomic mass is 16.5. The van der Waals surface area contributed by atoms with E-state index >= 15 is 0 Å². The average Bonchev–Trinajstić information content (AvgIpc) is 3.29. The van der Waals surface area contributed by atoms with E-state index in [2.05, 4.69) is 33.6 Å². The standard InChI is InChI=1S/C27H36N4O3/c1-31-15-5-8-24(31)23-13-14-25(28-18-23)30-26(32)16-20-9-11-21(12-10-20)17-29-27(33)34-19-22-6-3-2-4-7-22/h2-4,6-7,13-14,18,20-21,24H,5,8-12,15-17,19H2,1H3,(H,29,33)(H,28,30,32). The predicted octanol–water partition coefficient (Wildman–Crippen LogP) is 4.91. The molecule has 0 radical (unpaired) electrons. The Labute approximate surface area is 202 Å². The molecule has 2 aliphatic rings. The Morgan fingerprint density at radius 2 is 1.79 bits per heavy atom. The van der Waals surface area contributed by atoms with Crippen molar-refractivity contribution in [2.24, 2.45) is 11.8 Å². The van der Waals surface area contributed by atoms with Gasteiger partial charge in [-0.1, -0.05) is 36.4 Å². The number of carbonyl (C=O) groups is 2. The number of nitrogens with zero attached hydrogens (tertiary/aromatic N) is 2. The molecule has 1 atom stereocenters. The molecule has 182 valence electrons. The molecule has 34 heavy (non-hydrogen) atoms.